The molecule has 0 aliphatic carbocycles. The van der Waals surface area contributed by atoms with Crippen LogP contribution in [0.15, 0.2) is 106 Å². The van der Waals surface area contributed by atoms with Gasteiger partial charge in [0.1, 0.15) is 6.04 Å². The lowest BCUT2D eigenvalue weighted by Gasteiger charge is -2.28. The largest absolute Gasteiger partial charge is 0.328 e. The molecule has 0 saturated carbocycles. The summed E-state index contributed by atoms with van der Waals surface area (Å²) in [5.74, 6) is 1.23. The Morgan fingerprint density at radius 3 is 2.37 bits per heavy atom. The van der Waals surface area contributed by atoms with Crippen LogP contribution in [-0.4, -0.2) is 26.9 Å². The van der Waals surface area contributed by atoms with Crippen molar-refractivity contribution in [3.05, 3.63) is 107 Å². The van der Waals surface area contributed by atoms with E-state index in [0.717, 1.165) is 27.6 Å². The first kappa shape index (κ1) is 23.3. The van der Waals surface area contributed by atoms with E-state index in [1.165, 1.54) is 5.56 Å². The molecule has 0 saturated heterocycles. The molecule has 8 heteroatoms. The van der Waals surface area contributed by atoms with E-state index in [2.05, 4.69) is 47.0 Å². The predicted octanol–water partition coefficient (Wildman–Crippen LogP) is 6.22. The summed E-state index contributed by atoms with van der Waals surface area (Å²) < 4.78 is 1.83. The molecule has 0 spiro atoms. The van der Waals surface area contributed by atoms with Gasteiger partial charge in [-0.25, -0.2) is 4.68 Å². The quantitative estimate of drug-likeness (QED) is 0.294. The van der Waals surface area contributed by atoms with Crippen LogP contribution in [0, 0.1) is 0 Å². The Labute approximate surface area is 213 Å². The van der Waals surface area contributed by atoms with Crippen LogP contribution in [-0.2, 0) is 10.5 Å². The van der Waals surface area contributed by atoms with Crippen molar-refractivity contribution in [1.82, 2.24) is 14.8 Å². The van der Waals surface area contributed by atoms with Gasteiger partial charge in [0.2, 0.25) is 11.1 Å². The summed E-state index contributed by atoms with van der Waals surface area (Å²) in [6, 6.07) is 27.6. The molecule has 5 rings (SSSR count). The number of amides is 1. The number of carbonyl (C=O) groups is 1. The van der Waals surface area contributed by atoms with Crippen molar-refractivity contribution in [2.24, 2.45) is 0 Å². The number of allylic oxidation sites excluding steroid dienone is 1. The van der Waals surface area contributed by atoms with Crippen LogP contribution in [0.25, 0.3) is 0 Å². The Kier molecular flexibility index (Phi) is 6.92. The highest BCUT2D eigenvalue weighted by atomic mass is 32.2. The highest BCUT2D eigenvalue weighted by Gasteiger charge is 2.34. The lowest BCUT2D eigenvalue weighted by molar-refractivity contribution is -0.113. The van der Waals surface area contributed by atoms with E-state index in [9.17, 15) is 4.79 Å². The summed E-state index contributed by atoms with van der Waals surface area (Å²) in [5.41, 5.74) is 4.31. The molecule has 0 fully saturated rings. The van der Waals surface area contributed by atoms with Gasteiger partial charge >= 0.3 is 0 Å². The topological polar surface area (TPSA) is 71.8 Å². The minimum absolute atomic E-state index is 0.167. The maximum Gasteiger partial charge on any atom is 0.255 e. The van der Waals surface area contributed by atoms with Crippen LogP contribution in [0.4, 0.5) is 11.6 Å². The molecule has 35 heavy (non-hydrogen) atoms. The highest BCUT2D eigenvalue weighted by Crippen LogP contribution is 2.37. The van der Waals surface area contributed by atoms with Gasteiger partial charge in [0, 0.05) is 22.0 Å². The lowest BCUT2D eigenvalue weighted by atomic mass is 9.95. The number of anilines is 2. The predicted molar refractivity (Wildman–Crippen MR) is 144 cm³/mol. The number of fused-ring (bicyclic) bond motifs is 1. The fourth-order valence-electron chi connectivity index (χ4n) is 4.02. The zero-order chi connectivity index (χ0) is 24.2. The number of carbonyl (C=O) groups excluding carboxylic acids is 1. The fourth-order valence-corrected chi connectivity index (χ4v) is 5.22. The van der Waals surface area contributed by atoms with Crippen molar-refractivity contribution in [2.45, 2.75) is 28.8 Å². The molecule has 1 unspecified atom stereocenters. The molecule has 4 aromatic rings. The van der Waals surface area contributed by atoms with Gasteiger partial charge < -0.3 is 10.6 Å². The van der Waals surface area contributed by atoms with Crippen molar-refractivity contribution in [2.75, 3.05) is 16.9 Å². The molecule has 1 aliphatic rings. The standard InChI is InChI=1S/C27H25N5OS2/c1-18-23(25(33)29-21-11-7-4-8-12-21)24(20-13-15-22(34-2)16-14-20)32-26(28-18)30-27(31-32)35-17-19-9-5-3-6-10-19/h3-16,24H,17H2,1-2H3,(H,29,33)(H,28,30,31). The molecular weight excluding hydrogens is 474 g/mol. The minimum atomic E-state index is -0.399. The third-order valence-electron chi connectivity index (χ3n) is 5.75. The van der Waals surface area contributed by atoms with Crippen molar-refractivity contribution in [3.8, 4) is 0 Å². The molecule has 1 aromatic heterocycles. The van der Waals surface area contributed by atoms with E-state index in [4.69, 9.17) is 10.1 Å². The summed E-state index contributed by atoms with van der Waals surface area (Å²) in [5, 5.41) is 11.8. The second kappa shape index (κ2) is 10.4. The number of benzene rings is 3. The number of para-hydroxylation sites is 1. The number of nitrogens with zero attached hydrogens (tertiary/aromatic N) is 3. The first-order valence-electron chi connectivity index (χ1n) is 11.2. The van der Waals surface area contributed by atoms with Gasteiger partial charge in [-0.05, 0) is 48.6 Å². The van der Waals surface area contributed by atoms with Crippen molar-refractivity contribution >= 4 is 41.1 Å². The van der Waals surface area contributed by atoms with E-state index in [0.29, 0.717) is 16.7 Å². The third kappa shape index (κ3) is 5.13. The Morgan fingerprint density at radius 2 is 1.69 bits per heavy atom. The van der Waals surface area contributed by atoms with Gasteiger partial charge in [-0.1, -0.05) is 72.4 Å². The fraction of sp³-hybridized carbons (Fsp3) is 0.148. The van der Waals surface area contributed by atoms with Crippen LogP contribution in [0.5, 0.6) is 0 Å². The van der Waals surface area contributed by atoms with Crippen molar-refractivity contribution < 1.29 is 4.79 Å². The van der Waals surface area contributed by atoms with Crippen LogP contribution < -0.4 is 10.6 Å². The van der Waals surface area contributed by atoms with Crippen LogP contribution in [0.1, 0.15) is 24.1 Å². The molecule has 0 radical (unpaired) electrons. The van der Waals surface area contributed by atoms with Crippen molar-refractivity contribution in [3.63, 3.8) is 0 Å². The van der Waals surface area contributed by atoms with E-state index < -0.39 is 6.04 Å². The normalized spacial score (nSPS) is 14.9. The molecular formula is C27H25N5OS2. The maximum absolute atomic E-state index is 13.5. The average Bonchev–Trinajstić information content (AvgIpc) is 3.30. The molecule has 0 bridgehead atoms. The Balaban J connectivity index is 1.50. The number of aromatic nitrogens is 3. The van der Waals surface area contributed by atoms with Gasteiger partial charge in [0.15, 0.2) is 0 Å². The van der Waals surface area contributed by atoms with Crippen LogP contribution in [0.3, 0.4) is 0 Å². The van der Waals surface area contributed by atoms with E-state index >= 15 is 0 Å². The second-order valence-corrected chi connectivity index (χ2v) is 9.92. The lowest BCUT2D eigenvalue weighted by Crippen LogP contribution is -2.31. The number of rotatable bonds is 7. The van der Waals surface area contributed by atoms with Crippen LogP contribution in [0.2, 0.25) is 0 Å². The molecule has 3 aromatic carbocycles. The molecule has 1 amide bonds. The Morgan fingerprint density at radius 1 is 1.00 bits per heavy atom. The van der Waals surface area contributed by atoms with E-state index in [1.807, 2.05) is 66.4 Å². The Bertz CT molecular complexity index is 1350. The number of thioether (sulfide) groups is 2. The van der Waals surface area contributed by atoms with Gasteiger partial charge in [-0.3, -0.25) is 4.79 Å². The second-order valence-electron chi connectivity index (χ2n) is 8.10. The molecule has 1 atom stereocenters. The van der Waals surface area contributed by atoms with Gasteiger partial charge in [0.25, 0.3) is 5.91 Å². The van der Waals surface area contributed by atoms with Gasteiger partial charge in [-0.2, -0.15) is 4.98 Å². The molecule has 1 aliphatic heterocycles. The van der Waals surface area contributed by atoms with E-state index in [-0.39, 0.29) is 5.91 Å². The Hall–Kier alpha value is -3.49. The summed E-state index contributed by atoms with van der Waals surface area (Å²) in [6.45, 7) is 1.91. The summed E-state index contributed by atoms with van der Waals surface area (Å²) >= 11 is 3.26. The zero-order valence-electron chi connectivity index (χ0n) is 19.4. The van der Waals surface area contributed by atoms with Crippen molar-refractivity contribution in [1.29, 1.82) is 0 Å². The summed E-state index contributed by atoms with van der Waals surface area (Å²) in [4.78, 5) is 19.4. The summed E-state index contributed by atoms with van der Waals surface area (Å²) in [7, 11) is 0. The molecule has 6 nitrogen and oxygen atoms in total. The highest BCUT2D eigenvalue weighted by molar-refractivity contribution is 7.98. The number of nitrogens with one attached hydrogen (secondary N) is 2. The van der Waals surface area contributed by atoms with Gasteiger partial charge in [0.05, 0.1) is 5.57 Å². The zero-order valence-corrected chi connectivity index (χ0v) is 21.1. The summed E-state index contributed by atoms with van der Waals surface area (Å²) in [6.07, 6.45) is 2.05. The monoisotopic (exact) mass is 499 g/mol. The number of hydrogen-bond donors (Lipinski definition) is 2. The number of hydrogen-bond acceptors (Lipinski definition) is 6. The molecule has 2 heterocycles. The minimum Gasteiger partial charge on any atom is -0.328 e. The van der Waals surface area contributed by atoms with E-state index in [1.54, 1.807) is 23.5 Å². The average molecular weight is 500 g/mol. The first-order valence-corrected chi connectivity index (χ1v) is 13.4. The maximum atomic E-state index is 13.5. The first-order chi connectivity index (χ1) is 17.1. The van der Waals surface area contributed by atoms with Crippen LogP contribution >= 0.6 is 23.5 Å². The molecule has 176 valence electrons. The third-order valence-corrected chi connectivity index (χ3v) is 7.40. The van der Waals surface area contributed by atoms with Gasteiger partial charge in [-0.15, -0.1) is 16.9 Å². The SMILES string of the molecule is CSc1ccc(C2C(C(=O)Nc3ccccc3)=C(C)Nc3nc(SCc4ccccc4)nn32)cc1. The smallest absolute Gasteiger partial charge is 0.255 e. The molecule has 2 N–H and O–H groups in total.